The first-order chi connectivity index (χ1) is 7.22. The van der Waals surface area contributed by atoms with Gasteiger partial charge in [0.2, 0.25) is 5.91 Å². The van der Waals surface area contributed by atoms with Crippen LogP contribution < -0.4 is 4.90 Å². The van der Waals surface area contributed by atoms with E-state index >= 15 is 0 Å². The van der Waals surface area contributed by atoms with E-state index in [0.717, 1.165) is 23.1 Å². The third kappa shape index (κ3) is 1.88. The molecule has 0 aromatic heterocycles. The summed E-state index contributed by atoms with van der Waals surface area (Å²) in [6.45, 7) is 0.767. The Morgan fingerprint density at radius 3 is 2.80 bits per heavy atom. The van der Waals surface area contributed by atoms with Crippen LogP contribution in [0.3, 0.4) is 0 Å². The van der Waals surface area contributed by atoms with Crippen LogP contribution in [0.4, 0.5) is 5.69 Å². The lowest BCUT2D eigenvalue weighted by Crippen LogP contribution is -2.23. The van der Waals surface area contributed by atoms with Crippen LogP contribution in [-0.4, -0.2) is 12.5 Å². The molecule has 1 aromatic rings. The molecule has 0 aliphatic carbocycles. The van der Waals surface area contributed by atoms with E-state index in [1.54, 1.807) is 17.0 Å². The Balaban J connectivity index is 2.37. The molecule has 1 aliphatic heterocycles. The third-order valence-electron chi connectivity index (χ3n) is 2.44. The van der Waals surface area contributed by atoms with E-state index in [1.807, 2.05) is 6.07 Å². The van der Waals surface area contributed by atoms with Crippen molar-refractivity contribution < 1.29 is 4.79 Å². The quantitative estimate of drug-likeness (QED) is 0.782. The van der Waals surface area contributed by atoms with Crippen molar-refractivity contribution in [1.29, 1.82) is 5.26 Å². The number of anilines is 1. The van der Waals surface area contributed by atoms with Crippen molar-refractivity contribution in [2.45, 2.75) is 12.8 Å². The van der Waals surface area contributed by atoms with Crippen molar-refractivity contribution in [3.63, 3.8) is 0 Å². The fourth-order valence-electron chi connectivity index (χ4n) is 1.70. The number of carbonyl (C=O) groups excluding carboxylic acids is 1. The molecule has 0 spiro atoms. The summed E-state index contributed by atoms with van der Waals surface area (Å²) in [6, 6.07) is 7.34. The molecule has 0 saturated carbocycles. The number of nitrogens with zero attached hydrogens (tertiary/aromatic N) is 2. The molecule has 0 bridgehead atoms. The molecule has 1 amide bonds. The Labute approximate surface area is 96.4 Å². The van der Waals surface area contributed by atoms with Gasteiger partial charge in [-0.25, -0.2) is 0 Å². The molecule has 0 N–H and O–H groups in total. The zero-order valence-electron chi connectivity index (χ0n) is 8.03. The van der Waals surface area contributed by atoms with Crippen LogP contribution in [0, 0.1) is 11.3 Å². The molecule has 1 aliphatic rings. The molecule has 4 heteroatoms. The summed E-state index contributed by atoms with van der Waals surface area (Å²) in [5.41, 5.74) is 1.45. The molecular formula is C11H9BrN2O. The minimum Gasteiger partial charge on any atom is -0.311 e. The van der Waals surface area contributed by atoms with Crippen LogP contribution in [-0.2, 0) is 4.79 Å². The maximum atomic E-state index is 11.5. The number of carbonyl (C=O) groups is 1. The summed E-state index contributed by atoms with van der Waals surface area (Å²) in [7, 11) is 0. The third-order valence-corrected chi connectivity index (χ3v) is 3.08. The van der Waals surface area contributed by atoms with Gasteiger partial charge in [0.15, 0.2) is 0 Å². The van der Waals surface area contributed by atoms with Gasteiger partial charge in [-0.05, 0) is 40.5 Å². The normalized spacial score (nSPS) is 15.5. The number of benzene rings is 1. The Hall–Kier alpha value is -1.34. The van der Waals surface area contributed by atoms with E-state index < -0.39 is 0 Å². The Bertz CT molecular complexity index is 450. The van der Waals surface area contributed by atoms with Crippen LogP contribution in [0.25, 0.3) is 0 Å². The second-order valence-electron chi connectivity index (χ2n) is 3.43. The fraction of sp³-hybridized carbons (Fsp3) is 0.273. The van der Waals surface area contributed by atoms with Gasteiger partial charge in [0.1, 0.15) is 0 Å². The van der Waals surface area contributed by atoms with E-state index in [2.05, 4.69) is 22.0 Å². The monoisotopic (exact) mass is 264 g/mol. The van der Waals surface area contributed by atoms with E-state index in [4.69, 9.17) is 5.26 Å². The van der Waals surface area contributed by atoms with Crippen molar-refractivity contribution in [3.8, 4) is 6.07 Å². The first-order valence-corrected chi connectivity index (χ1v) is 5.51. The molecule has 3 nitrogen and oxygen atoms in total. The van der Waals surface area contributed by atoms with E-state index in [0.29, 0.717) is 12.0 Å². The molecule has 15 heavy (non-hydrogen) atoms. The van der Waals surface area contributed by atoms with Gasteiger partial charge in [0, 0.05) is 17.4 Å². The molecule has 0 atom stereocenters. The van der Waals surface area contributed by atoms with Gasteiger partial charge in [0.25, 0.3) is 0 Å². The average molecular weight is 265 g/mol. The lowest BCUT2D eigenvalue weighted by atomic mass is 10.2. The maximum Gasteiger partial charge on any atom is 0.227 e. The van der Waals surface area contributed by atoms with Crippen LogP contribution in [0.2, 0.25) is 0 Å². The van der Waals surface area contributed by atoms with Crippen molar-refractivity contribution in [3.05, 3.63) is 28.2 Å². The molecule has 1 aromatic carbocycles. The second kappa shape index (κ2) is 4.03. The SMILES string of the molecule is N#Cc1ccc(N2CCCC2=O)c(Br)c1. The summed E-state index contributed by atoms with van der Waals surface area (Å²) in [5, 5.41) is 8.72. The number of halogens is 1. The number of rotatable bonds is 1. The summed E-state index contributed by atoms with van der Waals surface area (Å²) in [4.78, 5) is 13.3. The van der Waals surface area contributed by atoms with Gasteiger partial charge < -0.3 is 4.90 Å². The molecule has 1 saturated heterocycles. The van der Waals surface area contributed by atoms with Crippen LogP contribution in [0.5, 0.6) is 0 Å². The summed E-state index contributed by atoms with van der Waals surface area (Å²) >= 11 is 3.38. The van der Waals surface area contributed by atoms with E-state index in [9.17, 15) is 4.79 Å². The second-order valence-corrected chi connectivity index (χ2v) is 4.28. The molecule has 0 radical (unpaired) electrons. The molecule has 1 fully saturated rings. The largest absolute Gasteiger partial charge is 0.311 e. The zero-order chi connectivity index (χ0) is 10.8. The molecule has 0 unspecified atom stereocenters. The Kier molecular flexibility index (Phi) is 2.74. The number of amides is 1. The van der Waals surface area contributed by atoms with Gasteiger partial charge in [-0.15, -0.1) is 0 Å². The number of hydrogen-bond acceptors (Lipinski definition) is 2. The first kappa shape index (κ1) is 10.2. The van der Waals surface area contributed by atoms with Crippen molar-refractivity contribution in [2.75, 3.05) is 11.4 Å². The lowest BCUT2D eigenvalue weighted by Gasteiger charge is -2.17. The van der Waals surface area contributed by atoms with Gasteiger partial charge in [-0.2, -0.15) is 5.26 Å². The standard InChI is InChI=1S/C11H9BrN2O/c12-9-6-8(7-13)3-4-10(9)14-5-1-2-11(14)15/h3-4,6H,1-2,5H2. The highest BCUT2D eigenvalue weighted by atomic mass is 79.9. The minimum atomic E-state index is 0.153. The van der Waals surface area contributed by atoms with Crippen molar-refractivity contribution in [2.24, 2.45) is 0 Å². The lowest BCUT2D eigenvalue weighted by molar-refractivity contribution is -0.117. The first-order valence-electron chi connectivity index (χ1n) is 4.72. The van der Waals surface area contributed by atoms with Crippen LogP contribution in [0.15, 0.2) is 22.7 Å². The summed E-state index contributed by atoms with van der Waals surface area (Å²) in [5.74, 6) is 0.153. The highest BCUT2D eigenvalue weighted by molar-refractivity contribution is 9.10. The fourth-order valence-corrected chi connectivity index (χ4v) is 2.29. The van der Waals surface area contributed by atoms with Gasteiger partial charge in [-0.1, -0.05) is 0 Å². The number of nitriles is 1. The topological polar surface area (TPSA) is 44.1 Å². The van der Waals surface area contributed by atoms with Crippen molar-refractivity contribution in [1.82, 2.24) is 0 Å². The number of hydrogen-bond donors (Lipinski definition) is 0. The predicted octanol–water partition coefficient (Wildman–Crippen LogP) is 2.45. The van der Waals surface area contributed by atoms with Crippen LogP contribution in [0.1, 0.15) is 18.4 Å². The molecule has 2 rings (SSSR count). The zero-order valence-corrected chi connectivity index (χ0v) is 9.62. The minimum absolute atomic E-state index is 0.153. The molecule has 1 heterocycles. The van der Waals surface area contributed by atoms with E-state index in [-0.39, 0.29) is 5.91 Å². The van der Waals surface area contributed by atoms with Crippen LogP contribution >= 0.6 is 15.9 Å². The Morgan fingerprint density at radius 2 is 2.27 bits per heavy atom. The maximum absolute atomic E-state index is 11.5. The van der Waals surface area contributed by atoms with Crippen molar-refractivity contribution >= 4 is 27.5 Å². The predicted molar refractivity (Wildman–Crippen MR) is 60.4 cm³/mol. The summed E-state index contributed by atoms with van der Waals surface area (Å²) in [6.07, 6.45) is 1.53. The smallest absolute Gasteiger partial charge is 0.227 e. The van der Waals surface area contributed by atoms with Gasteiger partial charge in [-0.3, -0.25) is 4.79 Å². The van der Waals surface area contributed by atoms with E-state index in [1.165, 1.54) is 0 Å². The Morgan fingerprint density at radius 1 is 1.47 bits per heavy atom. The highest BCUT2D eigenvalue weighted by Gasteiger charge is 2.23. The molecular weight excluding hydrogens is 256 g/mol. The highest BCUT2D eigenvalue weighted by Crippen LogP contribution is 2.30. The molecule has 76 valence electrons. The van der Waals surface area contributed by atoms with Gasteiger partial charge in [0.05, 0.1) is 17.3 Å². The van der Waals surface area contributed by atoms with Gasteiger partial charge >= 0.3 is 0 Å². The summed E-state index contributed by atoms with van der Waals surface area (Å²) < 4.78 is 0.803. The average Bonchev–Trinajstić information content (AvgIpc) is 2.64.